The quantitative estimate of drug-likeness (QED) is 0.482. The summed E-state index contributed by atoms with van der Waals surface area (Å²) in [6.45, 7) is 0.0375. The number of aromatic nitrogens is 3. The summed E-state index contributed by atoms with van der Waals surface area (Å²) >= 11 is 9.42. The number of allylic oxidation sites excluding steroid dienone is 1. The topological polar surface area (TPSA) is 125 Å². The lowest BCUT2D eigenvalue weighted by Crippen LogP contribution is -2.59. The highest BCUT2D eigenvalue weighted by molar-refractivity contribution is 8.18. The predicted octanol–water partition coefficient (Wildman–Crippen LogP) is 3.90. The molecular formula is C22H27ClN6O4S4. The van der Waals surface area contributed by atoms with E-state index in [9.17, 15) is 18.0 Å². The first-order valence-electron chi connectivity index (χ1n) is 12.2. The molecule has 0 spiro atoms. The molecule has 2 fully saturated rings. The third-order valence-electron chi connectivity index (χ3n) is 6.91. The summed E-state index contributed by atoms with van der Waals surface area (Å²) in [7, 11) is -3.76. The van der Waals surface area contributed by atoms with Crippen molar-refractivity contribution in [3.8, 4) is 0 Å². The molecule has 1 unspecified atom stereocenters. The molecule has 0 radical (unpaired) electrons. The zero-order chi connectivity index (χ0) is 26.0. The maximum atomic E-state index is 13.4. The number of nitrogens with one attached hydrogen (secondary N) is 1. The second kappa shape index (κ2) is 11.7. The maximum Gasteiger partial charge on any atom is 0.248 e. The molecule has 37 heavy (non-hydrogen) atoms. The van der Waals surface area contributed by atoms with E-state index >= 15 is 0 Å². The number of nitrogens with zero attached hydrogens (tertiary/aromatic N) is 5. The van der Waals surface area contributed by atoms with Crippen molar-refractivity contribution in [1.82, 2.24) is 23.5 Å². The van der Waals surface area contributed by atoms with E-state index in [0.717, 1.165) is 37.2 Å². The standard InChI is InChI=1S/C22H27ClN6O4S4/c23-21-25-19(27-36-21)16-6-7-18(35-16)37(32,33)28-9-10-29(17(30)13-28)15(12-14-4-2-1-3-5-14)20(31)26-22-24-8-11-34-22/h6,8,11,14-15,18H,1-5,7,9-10,12-13H2,(H,24,26,31)/t15-,18?/m0/s1. The largest absolute Gasteiger partial charge is 0.328 e. The first-order valence-corrected chi connectivity index (χ1v) is 16.6. The van der Waals surface area contributed by atoms with Crippen molar-refractivity contribution in [1.29, 1.82) is 0 Å². The number of carbonyl (C=O) groups is 2. The molecular weight excluding hydrogens is 576 g/mol. The van der Waals surface area contributed by atoms with Crippen LogP contribution in [0.25, 0.3) is 4.91 Å². The molecule has 15 heteroatoms. The molecule has 1 aliphatic carbocycles. The molecule has 200 valence electrons. The van der Waals surface area contributed by atoms with Crippen molar-refractivity contribution in [2.45, 2.75) is 55.6 Å². The number of rotatable bonds is 8. The highest BCUT2D eigenvalue weighted by atomic mass is 35.5. The van der Waals surface area contributed by atoms with Gasteiger partial charge in [-0.3, -0.25) is 9.59 Å². The number of amides is 2. The fourth-order valence-electron chi connectivity index (χ4n) is 5.04. The van der Waals surface area contributed by atoms with Crippen molar-refractivity contribution in [2.75, 3.05) is 25.0 Å². The van der Waals surface area contributed by atoms with E-state index in [1.807, 2.05) is 0 Å². The Labute approximate surface area is 233 Å². The highest BCUT2D eigenvalue weighted by Gasteiger charge is 2.42. The van der Waals surface area contributed by atoms with Crippen molar-refractivity contribution in [2.24, 2.45) is 5.92 Å². The van der Waals surface area contributed by atoms with Crippen molar-refractivity contribution < 1.29 is 18.0 Å². The number of hydrogen-bond acceptors (Lipinski definition) is 10. The van der Waals surface area contributed by atoms with Gasteiger partial charge in [0.25, 0.3) is 0 Å². The molecule has 1 saturated carbocycles. The Morgan fingerprint density at radius 2 is 2.05 bits per heavy atom. The molecule has 4 heterocycles. The van der Waals surface area contributed by atoms with E-state index in [0.29, 0.717) is 39.1 Å². The monoisotopic (exact) mass is 602 g/mol. The van der Waals surface area contributed by atoms with Gasteiger partial charge in [0.15, 0.2) is 11.0 Å². The van der Waals surface area contributed by atoms with Crippen LogP contribution in [0.3, 0.4) is 0 Å². The zero-order valence-corrected chi connectivity index (χ0v) is 23.9. The average Bonchev–Trinajstić information content (AvgIpc) is 3.66. The van der Waals surface area contributed by atoms with Gasteiger partial charge in [-0.05, 0) is 41.9 Å². The molecule has 2 aromatic heterocycles. The lowest BCUT2D eigenvalue weighted by Gasteiger charge is -2.39. The van der Waals surface area contributed by atoms with Gasteiger partial charge >= 0.3 is 0 Å². The van der Waals surface area contributed by atoms with Gasteiger partial charge < -0.3 is 10.2 Å². The van der Waals surface area contributed by atoms with Gasteiger partial charge in [0.1, 0.15) is 10.6 Å². The zero-order valence-electron chi connectivity index (χ0n) is 19.9. The van der Waals surface area contributed by atoms with Gasteiger partial charge in [-0.15, -0.1) is 23.1 Å². The second-order valence-corrected chi connectivity index (χ2v) is 15.2. The SMILES string of the molecule is O=C(Nc1nccs1)[C@H](CC1CCCCC1)N1CCN(S(=O)(=O)C2CC=C(c3nsc(Cl)n3)S2)CC1=O. The fraction of sp³-hybridized carbons (Fsp3) is 0.591. The number of thioether (sulfide) groups is 1. The summed E-state index contributed by atoms with van der Waals surface area (Å²) in [4.78, 5) is 37.1. The Hall–Kier alpha value is -1.58. The van der Waals surface area contributed by atoms with Crippen LogP contribution in [-0.4, -0.2) is 74.0 Å². The number of thiazole rings is 1. The van der Waals surface area contributed by atoms with Crippen molar-refractivity contribution >= 4 is 78.1 Å². The highest BCUT2D eigenvalue weighted by Crippen LogP contribution is 2.42. The third kappa shape index (κ3) is 6.19. The first kappa shape index (κ1) is 27.0. The van der Waals surface area contributed by atoms with Gasteiger partial charge in [0.05, 0.1) is 11.4 Å². The van der Waals surface area contributed by atoms with Crippen LogP contribution in [0.5, 0.6) is 0 Å². The van der Waals surface area contributed by atoms with Crippen LogP contribution in [0.15, 0.2) is 17.7 Å². The van der Waals surface area contributed by atoms with Crippen LogP contribution in [0.4, 0.5) is 5.13 Å². The number of anilines is 1. The van der Waals surface area contributed by atoms with E-state index in [1.54, 1.807) is 22.6 Å². The number of hydrogen-bond donors (Lipinski definition) is 1. The minimum absolute atomic E-state index is 0.146. The summed E-state index contributed by atoms with van der Waals surface area (Å²) in [6.07, 6.45) is 9.82. The van der Waals surface area contributed by atoms with Gasteiger partial charge in [-0.25, -0.2) is 18.4 Å². The summed E-state index contributed by atoms with van der Waals surface area (Å²) in [5.74, 6) is 0.173. The van der Waals surface area contributed by atoms with Crippen LogP contribution < -0.4 is 5.32 Å². The Morgan fingerprint density at radius 3 is 2.73 bits per heavy atom. The van der Waals surface area contributed by atoms with E-state index in [2.05, 4.69) is 19.7 Å². The van der Waals surface area contributed by atoms with Gasteiger partial charge in [-0.1, -0.05) is 38.2 Å². The molecule has 5 rings (SSSR count). The fourth-order valence-corrected chi connectivity index (χ4v) is 9.57. The Bertz CT molecular complexity index is 1260. The van der Waals surface area contributed by atoms with Gasteiger partial charge in [0, 0.05) is 24.7 Å². The van der Waals surface area contributed by atoms with E-state index in [4.69, 9.17) is 11.6 Å². The Balaban J connectivity index is 1.25. The number of sulfonamides is 1. The summed E-state index contributed by atoms with van der Waals surface area (Å²) < 4.78 is 31.8. The summed E-state index contributed by atoms with van der Waals surface area (Å²) in [5.41, 5.74) is 0. The number of carbonyl (C=O) groups excluding carboxylic acids is 2. The average molecular weight is 603 g/mol. The van der Waals surface area contributed by atoms with Crippen LogP contribution in [0.1, 0.15) is 50.8 Å². The van der Waals surface area contributed by atoms with Crippen molar-refractivity contribution in [3.63, 3.8) is 0 Å². The normalized spacial score (nSPS) is 22.7. The van der Waals surface area contributed by atoms with Crippen LogP contribution >= 0.6 is 46.2 Å². The Morgan fingerprint density at radius 1 is 1.24 bits per heavy atom. The molecule has 2 aliphatic heterocycles. The lowest BCUT2D eigenvalue weighted by molar-refractivity contribution is -0.142. The third-order valence-corrected chi connectivity index (χ3v) is 12.4. The first-order chi connectivity index (χ1) is 17.8. The minimum Gasteiger partial charge on any atom is -0.328 e. The molecule has 3 aliphatic rings. The molecule has 0 aromatic carbocycles. The van der Waals surface area contributed by atoms with Gasteiger partial charge in [0.2, 0.25) is 26.3 Å². The lowest BCUT2D eigenvalue weighted by atomic mass is 9.84. The van der Waals surface area contributed by atoms with Crippen LogP contribution in [0, 0.1) is 5.92 Å². The van der Waals surface area contributed by atoms with Crippen molar-refractivity contribution in [3.05, 3.63) is 27.9 Å². The van der Waals surface area contributed by atoms with Gasteiger partial charge in [-0.2, -0.15) is 8.68 Å². The van der Waals surface area contributed by atoms with E-state index < -0.39 is 20.6 Å². The molecule has 2 aromatic rings. The molecule has 2 amide bonds. The molecule has 1 N–H and O–H groups in total. The van der Waals surface area contributed by atoms with E-state index in [1.165, 1.54) is 33.8 Å². The molecule has 2 atom stereocenters. The molecule has 1 saturated heterocycles. The smallest absolute Gasteiger partial charge is 0.248 e. The predicted molar refractivity (Wildman–Crippen MR) is 147 cm³/mol. The molecule has 10 nitrogen and oxygen atoms in total. The maximum absolute atomic E-state index is 13.4. The second-order valence-electron chi connectivity index (χ2n) is 9.27. The summed E-state index contributed by atoms with van der Waals surface area (Å²) in [6, 6.07) is -0.654. The van der Waals surface area contributed by atoms with Crippen LogP contribution in [0.2, 0.25) is 4.47 Å². The number of halogens is 1. The minimum atomic E-state index is -3.76. The van der Waals surface area contributed by atoms with E-state index in [-0.39, 0.29) is 31.4 Å². The van der Waals surface area contributed by atoms with Crippen LogP contribution in [-0.2, 0) is 19.6 Å². The Kier molecular flexibility index (Phi) is 8.51. The molecule has 0 bridgehead atoms. The number of piperazine rings is 1. The summed E-state index contributed by atoms with van der Waals surface area (Å²) in [5, 5.41) is 5.12.